The van der Waals surface area contributed by atoms with Crippen LogP contribution in [0.5, 0.6) is 0 Å². The number of nitrogens with one attached hydrogen (secondary N) is 1. The van der Waals surface area contributed by atoms with Crippen LogP contribution in [-0.4, -0.2) is 19.9 Å². The molecule has 0 aliphatic carbocycles. The average Bonchev–Trinajstić information content (AvgIpc) is 3.12. The summed E-state index contributed by atoms with van der Waals surface area (Å²) in [6.07, 6.45) is 0. The molecule has 0 spiro atoms. The van der Waals surface area contributed by atoms with Crippen molar-refractivity contribution in [3.05, 3.63) is 76.2 Å². The standard InChI is InChI=1S/C20H18FN3O2S/c1-12-6-7-18(13(2)8-12)24-19(16-10-27(26)11-17(16)23-24)22-20(25)14-4-3-5-15(21)9-14/h3-9H,10-11H2,1-2H3,(H,22,25)/t27-/m0/s1. The summed E-state index contributed by atoms with van der Waals surface area (Å²) in [5.41, 5.74) is 4.70. The molecule has 2 aromatic carbocycles. The molecule has 3 aromatic rings. The molecule has 0 bridgehead atoms. The van der Waals surface area contributed by atoms with Gasteiger partial charge < -0.3 is 5.32 Å². The van der Waals surface area contributed by atoms with Crippen molar-refractivity contribution in [3.63, 3.8) is 0 Å². The summed E-state index contributed by atoms with van der Waals surface area (Å²) in [6.45, 7) is 3.99. The van der Waals surface area contributed by atoms with Crippen molar-refractivity contribution < 1.29 is 13.4 Å². The van der Waals surface area contributed by atoms with Crippen molar-refractivity contribution in [2.75, 3.05) is 5.32 Å². The van der Waals surface area contributed by atoms with Crippen LogP contribution in [0.3, 0.4) is 0 Å². The number of rotatable bonds is 3. The molecule has 4 rings (SSSR count). The molecule has 0 radical (unpaired) electrons. The van der Waals surface area contributed by atoms with Crippen molar-refractivity contribution in [2.45, 2.75) is 25.4 Å². The molecule has 0 saturated carbocycles. The van der Waals surface area contributed by atoms with Crippen LogP contribution in [0.4, 0.5) is 10.2 Å². The second kappa shape index (κ2) is 6.74. The Kier molecular flexibility index (Phi) is 4.39. The van der Waals surface area contributed by atoms with Crippen LogP contribution in [0.15, 0.2) is 42.5 Å². The van der Waals surface area contributed by atoms with Crippen LogP contribution >= 0.6 is 0 Å². The van der Waals surface area contributed by atoms with Crippen molar-refractivity contribution in [3.8, 4) is 5.69 Å². The van der Waals surface area contributed by atoms with Gasteiger partial charge in [-0.1, -0.05) is 23.8 Å². The van der Waals surface area contributed by atoms with E-state index in [0.717, 1.165) is 28.1 Å². The van der Waals surface area contributed by atoms with E-state index in [1.165, 1.54) is 18.2 Å². The molecular formula is C20H18FN3O2S. The van der Waals surface area contributed by atoms with E-state index >= 15 is 0 Å². The number of anilines is 1. The van der Waals surface area contributed by atoms with Crippen LogP contribution in [-0.2, 0) is 22.3 Å². The lowest BCUT2D eigenvalue weighted by Crippen LogP contribution is -2.17. The van der Waals surface area contributed by atoms with E-state index in [1.807, 2.05) is 32.0 Å². The fourth-order valence-corrected chi connectivity index (χ4v) is 4.55. The van der Waals surface area contributed by atoms with Gasteiger partial charge in [0.05, 0.1) is 22.9 Å². The number of nitrogens with zero attached hydrogens (tertiary/aromatic N) is 2. The molecule has 0 unspecified atom stereocenters. The first-order chi connectivity index (χ1) is 12.9. The molecule has 7 heteroatoms. The topological polar surface area (TPSA) is 64.0 Å². The minimum absolute atomic E-state index is 0.219. The van der Waals surface area contributed by atoms with Crippen molar-refractivity contribution in [1.82, 2.24) is 9.78 Å². The summed E-state index contributed by atoms with van der Waals surface area (Å²) in [5.74, 6) is 0.310. The molecule has 1 atom stereocenters. The van der Waals surface area contributed by atoms with Crippen molar-refractivity contribution >= 4 is 22.5 Å². The zero-order valence-electron chi connectivity index (χ0n) is 15.0. The highest BCUT2D eigenvalue weighted by molar-refractivity contribution is 7.83. The van der Waals surface area contributed by atoms with Gasteiger partial charge in [-0.3, -0.25) is 9.00 Å². The molecular weight excluding hydrogens is 365 g/mol. The number of hydrogen-bond acceptors (Lipinski definition) is 3. The lowest BCUT2D eigenvalue weighted by molar-refractivity contribution is 0.102. The maximum Gasteiger partial charge on any atom is 0.256 e. The highest BCUT2D eigenvalue weighted by Gasteiger charge is 2.29. The summed E-state index contributed by atoms with van der Waals surface area (Å²) in [4.78, 5) is 12.7. The second-order valence-corrected chi connectivity index (χ2v) is 8.13. The summed E-state index contributed by atoms with van der Waals surface area (Å²) in [5, 5.41) is 7.46. The Morgan fingerprint density at radius 3 is 2.74 bits per heavy atom. The van der Waals surface area contributed by atoms with Crippen LogP contribution in [0.2, 0.25) is 0 Å². The summed E-state index contributed by atoms with van der Waals surface area (Å²) >= 11 is 0. The molecule has 1 aromatic heterocycles. The van der Waals surface area contributed by atoms with Crippen LogP contribution in [0.25, 0.3) is 5.69 Å². The van der Waals surface area contributed by atoms with E-state index < -0.39 is 22.5 Å². The number of carbonyl (C=O) groups excluding carboxylic acids is 1. The number of fused-ring (bicyclic) bond motifs is 1. The molecule has 5 nitrogen and oxygen atoms in total. The van der Waals surface area contributed by atoms with Gasteiger partial charge in [-0.25, -0.2) is 9.07 Å². The number of amides is 1. The summed E-state index contributed by atoms with van der Waals surface area (Å²) in [6, 6.07) is 11.5. The normalized spacial score (nSPS) is 15.6. The highest BCUT2D eigenvalue weighted by Crippen LogP contribution is 2.32. The van der Waals surface area contributed by atoms with Gasteiger partial charge in [0.2, 0.25) is 0 Å². The van der Waals surface area contributed by atoms with E-state index in [4.69, 9.17) is 0 Å². The minimum Gasteiger partial charge on any atom is -0.306 e. The number of halogens is 1. The quantitative estimate of drug-likeness (QED) is 0.751. The summed E-state index contributed by atoms with van der Waals surface area (Å²) in [7, 11) is -1.02. The smallest absolute Gasteiger partial charge is 0.256 e. The Bertz CT molecular complexity index is 1090. The Morgan fingerprint density at radius 2 is 2.00 bits per heavy atom. The number of carbonyl (C=O) groups is 1. The van der Waals surface area contributed by atoms with E-state index in [9.17, 15) is 13.4 Å². The molecule has 1 aliphatic rings. The predicted octanol–water partition coefficient (Wildman–Crippen LogP) is 3.64. The highest BCUT2D eigenvalue weighted by atomic mass is 32.2. The van der Waals surface area contributed by atoms with Crippen molar-refractivity contribution in [1.29, 1.82) is 0 Å². The van der Waals surface area contributed by atoms with Gasteiger partial charge >= 0.3 is 0 Å². The lowest BCUT2D eigenvalue weighted by atomic mass is 10.1. The predicted molar refractivity (Wildman–Crippen MR) is 103 cm³/mol. The van der Waals surface area contributed by atoms with Crippen LogP contribution in [0.1, 0.15) is 32.7 Å². The van der Waals surface area contributed by atoms with Gasteiger partial charge in [0, 0.05) is 21.9 Å². The third-order valence-corrected chi connectivity index (χ3v) is 5.78. The van der Waals surface area contributed by atoms with Gasteiger partial charge in [-0.15, -0.1) is 0 Å². The first-order valence-corrected chi connectivity index (χ1v) is 10.0. The summed E-state index contributed by atoms with van der Waals surface area (Å²) < 4.78 is 27.1. The fourth-order valence-electron chi connectivity index (χ4n) is 3.28. The van der Waals surface area contributed by atoms with Crippen LogP contribution in [0, 0.1) is 19.7 Å². The van der Waals surface area contributed by atoms with Gasteiger partial charge in [0.15, 0.2) is 0 Å². The SMILES string of the molecule is Cc1ccc(-n2nc3c(c2NC(=O)c2cccc(F)c2)C[S@](=O)C3)c(C)c1. The molecule has 0 saturated heterocycles. The minimum atomic E-state index is -1.02. The number of aromatic nitrogens is 2. The fraction of sp³-hybridized carbons (Fsp3) is 0.200. The number of benzene rings is 2. The molecule has 27 heavy (non-hydrogen) atoms. The van der Waals surface area contributed by atoms with Crippen molar-refractivity contribution in [2.24, 2.45) is 0 Å². The zero-order valence-corrected chi connectivity index (χ0v) is 15.8. The van der Waals surface area contributed by atoms with E-state index in [2.05, 4.69) is 10.4 Å². The Morgan fingerprint density at radius 1 is 1.19 bits per heavy atom. The Hall–Kier alpha value is -2.80. The zero-order chi connectivity index (χ0) is 19.1. The molecule has 0 fully saturated rings. The Labute approximate surface area is 158 Å². The monoisotopic (exact) mass is 383 g/mol. The average molecular weight is 383 g/mol. The molecule has 138 valence electrons. The maximum absolute atomic E-state index is 13.5. The third-order valence-electron chi connectivity index (χ3n) is 4.57. The third kappa shape index (κ3) is 3.30. The first kappa shape index (κ1) is 17.6. The number of hydrogen-bond donors (Lipinski definition) is 1. The van der Waals surface area contributed by atoms with Gasteiger partial charge in [-0.2, -0.15) is 5.10 Å². The second-order valence-electron chi connectivity index (χ2n) is 6.67. The molecule has 2 heterocycles. The van der Waals surface area contributed by atoms with Gasteiger partial charge in [0.25, 0.3) is 5.91 Å². The Balaban J connectivity index is 1.79. The van der Waals surface area contributed by atoms with E-state index in [0.29, 0.717) is 17.3 Å². The first-order valence-electron chi connectivity index (χ1n) is 8.52. The van der Waals surface area contributed by atoms with E-state index in [-0.39, 0.29) is 5.56 Å². The molecule has 1 amide bonds. The maximum atomic E-state index is 13.5. The lowest BCUT2D eigenvalue weighted by Gasteiger charge is -2.13. The number of aryl methyl sites for hydroxylation is 2. The molecule has 1 aliphatic heterocycles. The van der Waals surface area contributed by atoms with Gasteiger partial charge in [-0.05, 0) is 43.7 Å². The van der Waals surface area contributed by atoms with E-state index in [1.54, 1.807) is 10.7 Å². The molecule has 1 N–H and O–H groups in total. The van der Waals surface area contributed by atoms with Crippen LogP contribution < -0.4 is 5.32 Å². The largest absolute Gasteiger partial charge is 0.306 e. The van der Waals surface area contributed by atoms with Gasteiger partial charge in [0.1, 0.15) is 11.6 Å².